The van der Waals surface area contributed by atoms with Crippen molar-refractivity contribution < 1.29 is 14.0 Å². The first-order valence-electron chi connectivity index (χ1n) is 9.22. The molecule has 0 radical (unpaired) electrons. The summed E-state index contributed by atoms with van der Waals surface area (Å²) in [5.74, 6) is 2.09. The molecule has 1 aromatic heterocycles. The smallest absolute Gasteiger partial charge is 0.223 e. The molecule has 1 N–H and O–H groups in total. The van der Waals surface area contributed by atoms with Gasteiger partial charge in [0, 0.05) is 33.7 Å². The van der Waals surface area contributed by atoms with E-state index in [9.17, 15) is 0 Å². The lowest BCUT2D eigenvalue weighted by atomic mass is 10.1. The summed E-state index contributed by atoms with van der Waals surface area (Å²) in [5, 5.41) is 7.19. The maximum absolute atomic E-state index is 6.07. The number of guanidine groups is 1. The molecule has 140 valence electrons. The first kappa shape index (κ1) is 18.1. The summed E-state index contributed by atoms with van der Waals surface area (Å²) in [6, 6.07) is 0. The van der Waals surface area contributed by atoms with Gasteiger partial charge in [-0.2, -0.15) is 4.98 Å². The van der Waals surface area contributed by atoms with Gasteiger partial charge in [0.25, 0.3) is 0 Å². The van der Waals surface area contributed by atoms with Crippen LogP contribution >= 0.6 is 0 Å². The van der Waals surface area contributed by atoms with E-state index >= 15 is 0 Å². The number of nitrogens with zero attached hydrogens (tertiary/aromatic N) is 4. The average Bonchev–Trinajstić information content (AvgIpc) is 3.07. The van der Waals surface area contributed by atoms with E-state index in [0.29, 0.717) is 30.5 Å². The molecular weight excluding hydrogens is 322 g/mol. The Morgan fingerprint density at radius 2 is 2.16 bits per heavy atom. The van der Waals surface area contributed by atoms with E-state index in [1.54, 1.807) is 14.0 Å². The Morgan fingerprint density at radius 1 is 1.32 bits per heavy atom. The van der Waals surface area contributed by atoms with E-state index in [2.05, 4.69) is 25.3 Å². The largest absolute Gasteiger partial charge is 0.376 e. The van der Waals surface area contributed by atoms with E-state index in [0.717, 1.165) is 51.5 Å². The van der Waals surface area contributed by atoms with E-state index in [1.807, 2.05) is 0 Å². The lowest BCUT2D eigenvalue weighted by Gasteiger charge is -2.34. The van der Waals surface area contributed by atoms with Gasteiger partial charge in [0.05, 0.1) is 25.4 Å². The maximum atomic E-state index is 6.07. The highest BCUT2D eigenvalue weighted by atomic mass is 16.5. The van der Waals surface area contributed by atoms with Gasteiger partial charge in [0.2, 0.25) is 5.89 Å². The van der Waals surface area contributed by atoms with Crippen molar-refractivity contribution in [1.29, 1.82) is 0 Å². The fourth-order valence-electron chi connectivity index (χ4n) is 3.32. The molecule has 2 aliphatic heterocycles. The zero-order valence-electron chi connectivity index (χ0n) is 15.2. The monoisotopic (exact) mass is 351 g/mol. The van der Waals surface area contributed by atoms with Crippen LogP contribution in [0, 0.1) is 6.92 Å². The molecule has 1 aromatic rings. The van der Waals surface area contributed by atoms with Crippen molar-refractivity contribution in [3.05, 3.63) is 11.7 Å². The minimum atomic E-state index is 0.291. The number of rotatable bonds is 5. The van der Waals surface area contributed by atoms with Crippen molar-refractivity contribution in [1.82, 2.24) is 20.4 Å². The highest BCUT2D eigenvalue weighted by molar-refractivity contribution is 5.79. The number of likely N-dealkylation sites (tertiary alicyclic amines) is 1. The normalized spacial score (nSPS) is 23.0. The molecule has 0 bridgehead atoms. The van der Waals surface area contributed by atoms with Crippen molar-refractivity contribution in [3.63, 3.8) is 0 Å². The minimum absolute atomic E-state index is 0.291. The predicted octanol–water partition coefficient (Wildman–Crippen LogP) is 1.50. The number of aliphatic imine (C=N–C) groups is 1. The summed E-state index contributed by atoms with van der Waals surface area (Å²) in [5.41, 5.74) is 0. The third-order valence-corrected chi connectivity index (χ3v) is 4.72. The van der Waals surface area contributed by atoms with Gasteiger partial charge in [-0.1, -0.05) is 5.16 Å². The summed E-state index contributed by atoms with van der Waals surface area (Å²) >= 11 is 0. The molecule has 0 aliphatic carbocycles. The Hall–Kier alpha value is -1.67. The molecular formula is C17H29N5O3. The Labute approximate surface area is 149 Å². The highest BCUT2D eigenvalue weighted by Gasteiger charge is 2.23. The quantitative estimate of drug-likeness (QED) is 0.635. The highest BCUT2D eigenvalue weighted by Crippen LogP contribution is 2.18. The van der Waals surface area contributed by atoms with Gasteiger partial charge in [0.1, 0.15) is 0 Å². The second-order valence-corrected chi connectivity index (χ2v) is 6.64. The van der Waals surface area contributed by atoms with E-state index in [4.69, 9.17) is 14.0 Å². The first-order chi connectivity index (χ1) is 12.2. The van der Waals surface area contributed by atoms with Crippen LogP contribution < -0.4 is 5.32 Å². The molecule has 0 amide bonds. The Balaban J connectivity index is 1.37. The number of aryl methyl sites for hydroxylation is 1. The average molecular weight is 351 g/mol. The van der Waals surface area contributed by atoms with Crippen molar-refractivity contribution in [2.24, 2.45) is 4.99 Å². The molecule has 0 saturated carbocycles. The van der Waals surface area contributed by atoms with Gasteiger partial charge >= 0.3 is 0 Å². The summed E-state index contributed by atoms with van der Waals surface area (Å²) in [6.45, 7) is 5.78. The minimum Gasteiger partial charge on any atom is -0.376 e. The first-order valence-corrected chi connectivity index (χ1v) is 9.22. The summed E-state index contributed by atoms with van der Waals surface area (Å²) in [7, 11) is 1.80. The zero-order valence-corrected chi connectivity index (χ0v) is 15.2. The van der Waals surface area contributed by atoms with Crippen LogP contribution in [0.3, 0.4) is 0 Å². The van der Waals surface area contributed by atoms with Crippen LogP contribution in [0.25, 0.3) is 0 Å². The van der Waals surface area contributed by atoms with Crippen LogP contribution in [-0.2, 0) is 16.0 Å². The molecule has 0 aromatic carbocycles. The van der Waals surface area contributed by atoms with Crippen molar-refractivity contribution >= 4 is 5.96 Å². The lowest BCUT2D eigenvalue weighted by molar-refractivity contribution is -0.0721. The van der Waals surface area contributed by atoms with Crippen LogP contribution in [0.15, 0.2) is 9.52 Å². The fourth-order valence-corrected chi connectivity index (χ4v) is 3.32. The molecule has 1 unspecified atom stereocenters. The van der Waals surface area contributed by atoms with Crippen LogP contribution in [0.2, 0.25) is 0 Å². The number of ether oxygens (including phenoxy) is 2. The van der Waals surface area contributed by atoms with Gasteiger partial charge in [-0.25, -0.2) is 0 Å². The molecule has 8 heteroatoms. The Kier molecular flexibility index (Phi) is 6.63. The summed E-state index contributed by atoms with van der Waals surface area (Å²) in [4.78, 5) is 10.8. The van der Waals surface area contributed by atoms with Crippen LogP contribution in [0.1, 0.15) is 43.8 Å². The fraction of sp³-hybridized carbons (Fsp3) is 0.824. The number of hydrogen-bond acceptors (Lipinski definition) is 6. The van der Waals surface area contributed by atoms with Crippen molar-refractivity contribution in [2.75, 3.05) is 33.4 Å². The molecule has 0 spiro atoms. The van der Waals surface area contributed by atoms with Gasteiger partial charge in [0.15, 0.2) is 11.8 Å². The van der Waals surface area contributed by atoms with Crippen molar-refractivity contribution in [3.8, 4) is 0 Å². The number of hydrogen-bond donors (Lipinski definition) is 1. The van der Waals surface area contributed by atoms with E-state index in [-0.39, 0.29) is 0 Å². The molecule has 1 atom stereocenters. The third kappa shape index (κ3) is 5.40. The zero-order chi connectivity index (χ0) is 17.5. The number of piperidine rings is 1. The lowest BCUT2D eigenvalue weighted by Crippen LogP contribution is -2.47. The topological polar surface area (TPSA) is 85.0 Å². The number of aromatic nitrogens is 2. The predicted molar refractivity (Wildman–Crippen MR) is 93.4 cm³/mol. The molecule has 2 saturated heterocycles. The maximum Gasteiger partial charge on any atom is 0.223 e. The van der Waals surface area contributed by atoms with Crippen LogP contribution in [0.5, 0.6) is 0 Å². The molecule has 3 heterocycles. The van der Waals surface area contributed by atoms with Gasteiger partial charge < -0.3 is 24.2 Å². The molecule has 8 nitrogen and oxygen atoms in total. The second-order valence-electron chi connectivity index (χ2n) is 6.64. The van der Waals surface area contributed by atoms with Gasteiger partial charge in [-0.15, -0.1) is 0 Å². The van der Waals surface area contributed by atoms with Crippen molar-refractivity contribution in [2.45, 2.75) is 57.8 Å². The molecule has 2 aliphatic rings. The van der Waals surface area contributed by atoms with E-state index < -0.39 is 0 Å². The van der Waals surface area contributed by atoms with Gasteiger partial charge in [-0.3, -0.25) is 4.99 Å². The Bertz CT molecular complexity index is 548. The third-order valence-electron chi connectivity index (χ3n) is 4.72. The number of nitrogens with one attached hydrogen (secondary N) is 1. The summed E-state index contributed by atoms with van der Waals surface area (Å²) in [6.07, 6.45) is 6.20. The molecule has 3 rings (SSSR count). The summed E-state index contributed by atoms with van der Waals surface area (Å²) < 4.78 is 16.8. The van der Waals surface area contributed by atoms with Crippen LogP contribution in [0.4, 0.5) is 0 Å². The SMILES string of the molecule is CN=C(NCc1noc(C)n1)N1CCC(OCC2CCCCO2)CC1. The molecule has 2 fully saturated rings. The second kappa shape index (κ2) is 9.15. The van der Waals surface area contributed by atoms with Gasteiger partial charge in [-0.05, 0) is 32.1 Å². The standard InChI is InChI=1S/C17H29N5O3/c1-13-20-16(21-25-13)11-19-17(18-2)22-8-6-14(7-9-22)24-12-15-5-3-4-10-23-15/h14-15H,3-12H2,1-2H3,(H,18,19). The Morgan fingerprint density at radius 3 is 2.80 bits per heavy atom. The van der Waals surface area contributed by atoms with Crippen LogP contribution in [-0.4, -0.2) is 66.6 Å². The van der Waals surface area contributed by atoms with E-state index in [1.165, 1.54) is 12.8 Å². The molecule has 25 heavy (non-hydrogen) atoms.